The van der Waals surface area contributed by atoms with E-state index in [1.807, 2.05) is 4.90 Å². The van der Waals surface area contributed by atoms with Crippen molar-refractivity contribution in [3.05, 3.63) is 34.6 Å². The number of halogens is 2. The molecule has 0 saturated carbocycles. The fraction of sp³-hybridized carbons (Fsp3) is 0.462. The Morgan fingerprint density at radius 1 is 1.47 bits per heavy atom. The van der Waals surface area contributed by atoms with E-state index in [0.717, 1.165) is 5.56 Å². The molecule has 0 aliphatic carbocycles. The zero-order chi connectivity index (χ0) is 13.8. The molecule has 1 aliphatic heterocycles. The molecule has 19 heavy (non-hydrogen) atoms. The van der Waals surface area contributed by atoms with E-state index in [1.54, 1.807) is 6.07 Å². The number of nitrogens with zero attached hydrogens (tertiary/aromatic N) is 1. The second kappa shape index (κ2) is 6.32. The third kappa shape index (κ3) is 3.65. The van der Waals surface area contributed by atoms with E-state index in [2.05, 4.69) is 0 Å². The van der Waals surface area contributed by atoms with E-state index < -0.39 is 11.8 Å². The van der Waals surface area contributed by atoms with E-state index in [1.165, 1.54) is 12.1 Å². The van der Waals surface area contributed by atoms with Gasteiger partial charge in [0.2, 0.25) is 0 Å². The van der Waals surface area contributed by atoms with E-state index in [-0.39, 0.29) is 17.5 Å². The summed E-state index contributed by atoms with van der Waals surface area (Å²) in [5.41, 5.74) is 0.718. The molecule has 1 aliphatic rings. The average Bonchev–Trinajstić information content (AvgIpc) is 2.40. The highest BCUT2D eigenvalue weighted by molar-refractivity contribution is 6.30. The van der Waals surface area contributed by atoms with E-state index in [0.29, 0.717) is 26.3 Å². The molecule has 2 rings (SSSR count). The first-order chi connectivity index (χ1) is 9.08. The fourth-order valence-electron chi connectivity index (χ4n) is 2.23. The van der Waals surface area contributed by atoms with Crippen molar-refractivity contribution in [2.45, 2.75) is 12.5 Å². The molecule has 104 valence electrons. The molecule has 0 amide bonds. The predicted octanol–water partition coefficient (Wildman–Crippen LogP) is 2.33. The van der Waals surface area contributed by atoms with Crippen molar-refractivity contribution < 1.29 is 19.0 Å². The number of hydrogen-bond donors (Lipinski definition) is 1. The topological polar surface area (TPSA) is 49.8 Å². The molecule has 0 spiro atoms. The van der Waals surface area contributed by atoms with Crippen molar-refractivity contribution in [2.24, 2.45) is 0 Å². The van der Waals surface area contributed by atoms with Gasteiger partial charge < -0.3 is 9.84 Å². The van der Waals surface area contributed by atoms with Gasteiger partial charge in [0.25, 0.3) is 0 Å². The zero-order valence-corrected chi connectivity index (χ0v) is 11.1. The first-order valence-corrected chi connectivity index (χ1v) is 6.44. The van der Waals surface area contributed by atoms with Crippen molar-refractivity contribution in [1.82, 2.24) is 4.90 Å². The Labute approximate surface area is 115 Å². The average molecular weight is 288 g/mol. The van der Waals surface area contributed by atoms with Crippen LogP contribution in [0.4, 0.5) is 4.39 Å². The Morgan fingerprint density at radius 3 is 2.74 bits per heavy atom. The molecule has 4 nitrogen and oxygen atoms in total. The summed E-state index contributed by atoms with van der Waals surface area (Å²) < 4.78 is 18.4. The maximum atomic E-state index is 13.2. The van der Waals surface area contributed by atoms with Crippen molar-refractivity contribution >= 4 is 17.6 Å². The number of benzene rings is 1. The first kappa shape index (κ1) is 14.2. The van der Waals surface area contributed by atoms with Gasteiger partial charge in [0.05, 0.1) is 24.7 Å². The van der Waals surface area contributed by atoms with Crippen LogP contribution in [0.25, 0.3) is 0 Å². The van der Waals surface area contributed by atoms with Gasteiger partial charge in [-0.1, -0.05) is 17.7 Å². The molecule has 1 atom stereocenters. The predicted molar refractivity (Wildman–Crippen MR) is 68.8 cm³/mol. The second-order valence-corrected chi connectivity index (χ2v) is 4.84. The highest BCUT2D eigenvalue weighted by Gasteiger charge is 2.25. The van der Waals surface area contributed by atoms with Gasteiger partial charge in [-0.25, -0.2) is 4.39 Å². The van der Waals surface area contributed by atoms with Crippen LogP contribution in [0.2, 0.25) is 5.02 Å². The summed E-state index contributed by atoms with van der Waals surface area (Å²) in [6, 6.07) is 4.05. The van der Waals surface area contributed by atoms with Gasteiger partial charge in [0.1, 0.15) is 5.82 Å². The summed E-state index contributed by atoms with van der Waals surface area (Å²) in [5.74, 6) is -1.39. The molecule has 0 aromatic heterocycles. The number of morpholine rings is 1. The van der Waals surface area contributed by atoms with Crippen molar-refractivity contribution in [3.8, 4) is 0 Å². The fourth-order valence-corrected chi connectivity index (χ4v) is 2.42. The Morgan fingerprint density at radius 2 is 2.16 bits per heavy atom. The quantitative estimate of drug-likeness (QED) is 0.923. The van der Waals surface area contributed by atoms with Crippen LogP contribution >= 0.6 is 11.6 Å². The number of ether oxygens (including phenoxy) is 1. The van der Waals surface area contributed by atoms with Gasteiger partial charge in [-0.3, -0.25) is 9.69 Å². The molecule has 1 heterocycles. The molecule has 1 unspecified atom stereocenters. The minimum Gasteiger partial charge on any atom is -0.481 e. The zero-order valence-electron chi connectivity index (χ0n) is 10.3. The Hall–Kier alpha value is -1.17. The number of carboxylic acids is 1. The van der Waals surface area contributed by atoms with Crippen LogP contribution in [0.5, 0.6) is 0 Å². The molecule has 0 radical (unpaired) electrons. The molecular weight excluding hydrogens is 273 g/mol. The van der Waals surface area contributed by atoms with Crippen LogP contribution in [0, 0.1) is 5.82 Å². The van der Waals surface area contributed by atoms with E-state index >= 15 is 0 Å². The third-order valence-corrected chi connectivity index (χ3v) is 3.47. The van der Waals surface area contributed by atoms with Crippen LogP contribution in [-0.2, 0) is 9.53 Å². The summed E-state index contributed by atoms with van der Waals surface area (Å²) in [6.45, 7) is 2.47. The lowest BCUT2D eigenvalue weighted by Gasteiger charge is -2.34. The monoisotopic (exact) mass is 287 g/mol. The van der Waals surface area contributed by atoms with Gasteiger partial charge in [0.15, 0.2) is 0 Å². The summed E-state index contributed by atoms with van der Waals surface area (Å²) in [4.78, 5) is 13.0. The lowest BCUT2D eigenvalue weighted by molar-refractivity contribution is -0.139. The molecule has 1 aromatic carbocycles. The highest BCUT2D eigenvalue weighted by atomic mass is 35.5. The third-order valence-electron chi connectivity index (χ3n) is 3.18. The molecule has 1 aromatic rings. The summed E-state index contributed by atoms with van der Waals surface area (Å²) in [5, 5.41) is 9.05. The van der Waals surface area contributed by atoms with Crippen LogP contribution in [0.3, 0.4) is 0 Å². The lowest BCUT2D eigenvalue weighted by Crippen LogP contribution is -2.39. The van der Waals surface area contributed by atoms with Gasteiger partial charge in [-0.05, 0) is 17.7 Å². The molecule has 1 fully saturated rings. The minimum atomic E-state index is -0.892. The standard InChI is InChI=1S/C13H15ClFNO3/c14-10-7-9(1-2-11(10)15)12(8-13(17)18)16-3-5-19-6-4-16/h1-2,7,12H,3-6,8H2,(H,17,18). The maximum Gasteiger partial charge on any atom is 0.305 e. The van der Waals surface area contributed by atoms with E-state index in [4.69, 9.17) is 21.4 Å². The van der Waals surface area contributed by atoms with Crippen LogP contribution in [0.15, 0.2) is 18.2 Å². The number of carboxylic acid groups (broad SMARTS) is 1. The maximum absolute atomic E-state index is 13.2. The summed E-state index contributed by atoms with van der Waals surface area (Å²) >= 11 is 5.77. The summed E-state index contributed by atoms with van der Waals surface area (Å²) in [6.07, 6.45) is -0.0397. The number of carbonyl (C=O) groups is 1. The second-order valence-electron chi connectivity index (χ2n) is 4.44. The number of rotatable bonds is 4. The van der Waals surface area contributed by atoms with E-state index in [9.17, 15) is 9.18 Å². The summed E-state index contributed by atoms with van der Waals surface area (Å²) in [7, 11) is 0. The SMILES string of the molecule is O=C(O)CC(c1ccc(F)c(Cl)c1)N1CCOCC1. The first-order valence-electron chi connectivity index (χ1n) is 6.06. The molecule has 0 bridgehead atoms. The lowest BCUT2D eigenvalue weighted by atomic mass is 10.0. The van der Waals surface area contributed by atoms with Crippen LogP contribution < -0.4 is 0 Å². The van der Waals surface area contributed by atoms with Crippen molar-refractivity contribution in [2.75, 3.05) is 26.3 Å². The molecule has 6 heteroatoms. The molecular formula is C13H15ClFNO3. The van der Waals surface area contributed by atoms with Crippen LogP contribution in [-0.4, -0.2) is 42.3 Å². The number of aliphatic carboxylic acids is 1. The number of hydrogen-bond acceptors (Lipinski definition) is 3. The minimum absolute atomic E-state index is 0.0150. The Balaban J connectivity index is 2.24. The van der Waals surface area contributed by atoms with Gasteiger partial charge in [-0.15, -0.1) is 0 Å². The molecule has 1 saturated heterocycles. The van der Waals surface area contributed by atoms with Gasteiger partial charge >= 0.3 is 5.97 Å². The van der Waals surface area contributed by atoms with Gasteiger partial charge in [0, 0.05) is 19.1 Å². The smallest absolute Gasteiger partial charge is 0.305 e. The normalized spacial score (nSPS) is 18.2. The van der Waals surface area contributed by atoms with Crippen molar-refractivity contribution in [1.29, 1.82) is 0 Å². The van der Waals surface area contributed by atoms with Crippen LogP contribution in [0.1, 0.15) is 18.0 Å². The largest absolute Gasteiger partial charge is 0.481 e. The Bertz CT molecular complexity index is 463. The highest BCUT2D eigenvalue weighted by Crippen LogP contribution is 2.28. The molecule has 1 N–H and O–H groups in total. The Kier molecular flexibility index (Phi) is 4.74. The van der Waals surface area contributed by atoms with Crippen molar-refractivity contribution in [3.63, 3.8) is 0 Å². The van der Waals surface area contributed by atoms with Gasteiger partial charge in [-0.2, -0.15) is 0 Å².